The number of aldehydes is 1. The fourth-order valence-corrected chi connectivity index (χ4v) is 6.43. The molecule has 40 heavy (non-hydrogen) atoms. The third-order valence-electron chi connectivity index (χ3n) is 8.25. The van der Waals surface area contributed by atoms with Gasteiger partial charge in [-0.2, -0.15) is 0 Å². The number of aryl methyl sites for hydroxylation is 1. The van der Waals surface area contributed by atoms with E-state index in [-0.39, 0.29) is 0 Å². The Morgan fingerprint density at radius 1 is 0.875 bits per heavy atom. The van der Waals surface area contributed by atoms with Crippen LogP contribution in [0.15, 0.2) is 72.8 Å². The molecule has 5 aromatic rings. The van der Waals surface area contributed by atoms with Gasteiger partial charge in [-0.1, -0.05) is 68.4 Å². The van der Waals surface area contributed by atoms with Crippen LogP contribution < -0.4 is 9.47 Å². The number of fused-ring (bicyclic) bond motifs is 6. The largest absolute Gasteiger partial charge is 0.508 e. The Morgan fingerprint density at radius 2 is 1.65 bits per heavy atom. The van der Waals surface area contributed by atoms with Crippen molar-refractivity contribution < 1.29 is 19.4 Å². The van der Waals surface area contributed by atoms with E-state index >= 15 is 0 Å². The fraction of sp³-hybridized carbons (Fsp3) is 0.306. The maximum Gasteiger partial charge on any atom is 0.131 e. The van der Waals surface area contributed by atoms with Crippen LogP contribution in [0, 0.1) is 0 Å². The third-order valence-corrected chi connectivity index (χ3v) is 8.25. The molecule has 0 heterocycles. The van der Waals surface area contributed by atoms with E-state index < -0.39 is 0 Å². The molecular formula is C36H38O4. The maximum atomic E-state index is 10.8. The van der Waals surface area contributed by atoms with Crippen molar-refractivity contribution >= 4 is 38.6 Å². The molecule has 1 aliphatic carbocycles. The zero-order valence-electron chi connectivity index (χ0n) is 23.9. The number of methoxy groups -OCH3 is 2. The van der Waals surface area contributed by atoms with Gasteiger partial charge in [0.15, 0.2) is 0 Å². The first kappa shape index (κ1) is 27.5. The average molecular weight is 535 g/mol. The highest BCUT2D eigenvalue weighted by atomic mass is 16.5. The summed E-state index contributed by atoms with van der Waals surface area (Å²) < 4.78 is 11.3. The number of carbonyl (C=O) groups excluding carboxylic acids is 1. The van der Waals surface area contributed by atoms with Crippen molar-refractivity contribution in [1.82, 2.24) is 0 Å². The molecule has 0 amide bonds. The highest BCUT2D eigenvalue weighted by Gasteiger charge is 2.23. The van der Waals surface area contributed by atoms with Gasteiger partial charge in [0.05, 0.1) is 19.6 Å². The second-order valence-electron chi connectivity index (χ2n) is 10.9. The van der Waals surface area contributed by atoms with Crippen LogP contribution in [0.3, 0.4) is 0 Å². The SMILES string of the molecule is CC(C)c1c(O)ccc2ccccc12.COc1cccc2c1c(OC)cc1c3c(ccc12)C(CCC=O)CCC3. The van der Waals surface area contributed by atoms with E-state index in [2.05, 4.69) is 50.2 Å². The molecule has 4 heteroatoms. The molecule has 0 radical (unpaired) electrons. The molecule has 0 fully saturated rings. The van der Waals surface area contributed by atoms with E-state index in [1.807, 2.05) is 30.3 Å². The summed E-state index contributed by atoms with van der Waals surface area (Å²) in [6, 6.07) is 24.7. The van der Waals surface area contributed by atoms with Crippen molar-refractivity contribution in [2.24, 2.45) is 0 Å². The quantitative estimate of drug-likeness (QED) is 0.174. The molecule has 1 aliphatic rings. The Kier molecular flexibility index (Phi) is 8.25. The van der Waals surface area contributed by atoms with Crippen LogP contribution >= 0.6 is 0 Å². The topological polar surface area (TPSA) is 55.8 Å². The lowest BCUT2D eigenvalue weighted by Crippen LogP contribution is -2.10. The van der Waals surface area contributed by atoms with E-state index in [1.165, 1.54) is 40.1 Å². The number of phenols is 1. The second-order valence-corrected chi connectivity index (χ2v) is 10.9. The van der Waals surface area contributed by atoms with Crippen molar-refractivity contribution in [1.29, 1.82) is 0 Å². The predicted molar refractivity (Wildman–Crippen MR) is 165 cm³/mol. The predicted octanol–water partition coefficient (Wildman–Crippen LogP) is 9.08. The number of benzene rings is 5. The summed E-state index contributed by atoms with van der Waals surface area (Å²) in [5.41, 5.74) is 3.88. The summed E-state index contributed by atoms with van der Waals surface area (Å²) in [5, 5.41) is 16.8. The van der Waals surface area contributed by atoms with Crippen LogP contribution in [0.25, 0.3) is 32.3 Å². The van der Waals surface area contributed by atoms with Gasteiger partial charge >= 0.3 is 0 Å². The highest BCUT2D eigenvalue weighted by molar-refractivity contribution is 6.13. The number of aromatic hydroxyl groups is 1. The van der Waals surface area contributed by atoms with Crippen LogP contribution in [0.4, 0.5) is 0 Å². The van der Waals surface area contributed by atoms with Crippen LogP contribution in [-0.2, 0) is 11.2 Å². The summed E-state index contributed by atoms with van der Waals surface area (Å²) in [5.74, 6) is 2.93. The molecule has 206 valence electrons. The Labute approximate surface area is 236 Å². The number of phenolic OH excluding ortho intramolecular Hbond substituents is 1. The summed E-state index contributed by atoms with van der Waals surface area (Å²) in [6.45, 7) is 4.20. The summed E-state index contributed by atoms with van der Waals surface area (Å²) in [6.07, 6.45) is 6.06. The van der Waals surface area contributed by atoms with Gasteiger partial charge in [0, 0.05) is 12.0 Å². The van der Waals surface area contributed by atoms with Crippen molar-refractivity contribution in [3.63, 3.8) is 0 Å². The Bertz CT molecular complexity index is 1670. The summed E-state index contributed by atoms with van der Waals surface area (Å²) in [7, 11) is 3.41. The van der Waals surface area contributed by atoms with E-state index in [0.717, 1.165) is 52.3 Å². The molecule has 0 bridgehead atoms. The Balaban J connectivity index is 0.000000194. The fourth-order valence-electron chi connectivity index (χ4n) is 6.43. The van der Waals surface area contributed by atoms with Gasteiger partial charge in [0.1, 0.15) is 23.5 Å². The van der Waals surface area contributed by atoms with Crippen LogP contribution in [0.1, 0.15) is 68.1 Å². The van der Waals surface area contributed by atoms with E-state index in [4.69, 9.17) is 9.47 Å². The van der Waals surface area contributed by atoms with Crippen molar-refractivity contribution in [3.05, 3.63) is 89.5 Å². The maximum absolute atomic E-state index is 10.8. The molecular weight excluding hydrogens is 496 g/mol. The van der Waals surface area contributed by atoms with Gasteiger partial charge in [0.25, 0.3) is 0 Å². The molecule has 0 saturated heterocycles. The molecule has 0 spiro atoms. The van der Waals surface area contributed by atoms with Crippen molar-refractivity contribution in [2.45, 2.75) is 57.8 Å². The Morgan fingerprint density at radius 3 is 2.40 bits per heavy atom. The molecule has 1 N–H and O–H groups in total. The summed E-state index contributed by atoms with van der Waals surface area (Å²) in [4.78, 5) is 10.8. The number of hydrogen-bond acceptors (Lipinski definition) is 4. The molecule has 1 unspecified atom stereocenters. The van der Waals surface area contributed by atoms with Gasteiger partial charge < -0.3 is 19.4 Å². The Hall–Kier alpha value is -4.05. The number of rotatable bonds is 6. The van der Waals surface area contributed by atoms with Crippen LogP contribution in [0.2, 0.25) is 0 Å². The number of carbonyl (C=O) groups is 1. The van der Waals surface area contributed by atoms with Crippen LogP contribution in [0.5, 0.6) is 17.2 Å². The minimum atomic E-state index is 0.348. The lowest BCUT2D eigenvalue weighted by atomic mass is 9.78. The minimum absolute atomic E-state index is 0.348. The highest BCUT2D eigenvalue weighted by Crippen LogP contribution is 2.44. The normalized spacial score (nSPS) is 14.6. The zero-order chi connectivity index (χ0) is 28.2. The average Bonchev–Trinajstić information content (AvgIpc) is 2.98. The number of hydrogen-bond donors (Lipinski definition) is 1. The first-order valence-corrected chi connectivity index (χ1v) is 14.2. The molecule has 0 saturated carbocycles. The second kappa shape index (κ2) is 12.0. The van der Waals surface area contributed by atoms with Gasteiger partial charge in [0.2, 0.25) is 0 Å². The zero-order valence-corrected chi connectivity index (χ0v) is 23.9. The first-order chi connectivity index (χ1) is 19.5. The van der Waals surface area contributed by atoms with E-state index in [9.17, 15) is 9.90 Å². The third kappa shape index (κ3) is 5.11. The molecule has 4 nitrogen and oxygen atoms in total. The molecule has 5 aromatic carbocycles. The van der Waals surface area contributed by atoms with Gasteiger partial charge in [-0.05, 0) is 93.8 Å². The monoisotopic (exact) mass is 534 g/mol. The lowest BCUT2D eigenvalue weighted by molar-refractivity contribution is -0.108. The van der Waals surface area contributed by atoms with E-state index in [0.29, 0.717) is 24.0 Å². The molecule has 6 rings (SSSR count). The molecule has 1 atom stereocenters. The van der Waals surface area contributed by atoms with Crippen molar-refractivity contribution in [3.8, 4) is 17.2 Å². The number of ether oxygens (including phenoxy) is 2. The van der Waals surface area contributed by atoms with E-state index in [1.54, 1.807) is 20.3 Å². The van der Waals surface area contributed by atoms with Crippen LogP contribution in [-0.4, -0.2) is 25.6 Å². The van der Waals surface area contributed by atoms with Crippen molar-refractivity contribution in [2.75, 3.05) is 14.2 Å². The van der Waals surface area contributed by atoms with Gasteiger partial charge in [-0.15, -0.1) is 0 Å². The van der Waals surface area contributed by atoms with Gasteiger partial charge in [-0.25, -0.2) is 0 Å². The first-order valence-electron chi connectivity index (χ1n) is 14.2. The molecule has 0 aromatic heterocycles. The summed E-state index contributed by atoms with van der Waals surface area (Å²) >= 11 is 0. The standard InChI is InChI=1S/C23H24O3.C13H14O/c1-25-21-10-4-9-19-18-12-11-16-15(7-5-13-24)6-3-8-17(16)20(18)14-22(26-2)23(19)21;1-9(2)13-11-6-4-3-5-10(11)7-8-12(13)14/h4,9-15H,3,5-8H2,1-2H3;3-9,14H,1-2H3. The lowest BCUT2D eigenvalue weighted by Gasteiger charge is -2.27. The van der Waals surface area contributed by atoms with Gasteiger partial charge in [-0.3, -0.25) is 0 Å². The molecule has 0 aliphatic heterocycles. The minimum Gasteiger partial charge on any atom is -0.508 e. The smallest absolute Gasteiger partial charge is 0.131 e.